The van der Waals surface area contributed by atoms with Crippen molar-refractivity contribution in [3.63, 3.8) is 0 Å². The molecule has 124 valence electrons. The molecule has 2 atom stereocenters. The maximum atomic E-state index is 12.4. The van der Waals surface area contributed by atoms with E-state index in [0.29, 0.717) is 11.8 Å². The van der Waals surface area contributed by atoms with Crippen LogP contribution in [0.1, 0.15) is 43.7 Å². The van der Waals surface area contributed by atoms with E-state index in [4.69, 9.17) is 0 Å². The van der Waals surface area contributed by atoms with Gasteiger partial charge in [0.15, 0.2) is 0 Å². The third-order valence-electron chi connectivity index (χ3n) is 4.36. The molecule has 0 radical (unpaired) electrons. The molecule has 1 aliphatic carbocycles. The van der Waals surface area contributed by atoms with Gasteiger partial charge in [-0.25, -0.2) is 5.43 Å². The zero-order valence-corrected chi connectivity index (χ0v) is 14.3. The lowest BCUT2D eigenvalue weighted by Crippen LogP contribution is -2.22. The first kappa shape index (κ1) is 16.4. The van der Waals surface area contributed by atoms with Gasteiger partial charge >= 0.3 is 0 Å². The van der Waals surface area contributed by atoms with E-state index in [2.05, 4.69) is 36.5 Å². The second-order valence-corrected chi connectivity index (χ2v) is 6.86. The summed E-state index contributed by atoms with van der Waals surface area (Å²) in [6.07, 6.45) is 1.76. The Hall–Kier alpha value is -2.42. The molecular weight excluding hydrogens is 296 g/mol. The van der Waals surface area contributed by atoms with E-state index < -0.39 is 0 Å². The van der Waals surface area contributed by atoms with Crippen LogP contribution >= 0.6 is 0 Å². The average Bonchev–Trinajstić information content (AvgIpc) is 3.40. The van der Waals surface area contributed by atoms with Crippen LogP contribution in [0.15, 0.2) is 65.8 Å². The van der Waals surface area contributed by atoms with Gasteiger partial charge in [0.2, 0.25) is 5.91 Å². The van der Waals surface area contributed by atoms with Gasteiger partial charge < -0.3 is 0 Å². The van der Waals surface area contributed by atoms with Crippen molar-refractivity contribution in [2.24, 2.45) is 16.9 Å². The average molecular weight is 320 g/mol. The van der Waals surface area contributed by atoms with Gasteiger partial charge in [0, 0.05) is 5.92 Å². The molecule has 1 fully saturated rings. The number of rotatable bonds is 6. The molecule has 0 bridgehead atoms. The molecule has 3 rings (SSSR count). The largest absolute Gasteiger partial charge is 0.273 e. The summed E-state index contributed by atoms with van der Waals surface area (Å²) in [6.45, 7) is 4.32. The molecule has 0 saturated heterocycles. The Labute approximate surface area is 143 Å². The third kappa shape index (κ3) is 4.10. The number of benzene rings is 2. The van der Waals surface area contributed by atoms with E-state index in [1.807, 2.05) is 48.5 Å². The summed E-state index contributed by atoms with van der Waals surface area (Å²) in [7, 11) is 0. The first-order valence-corrected chi connectivity index (χ1v) is 8.62. The second-order valence-electron chi connectivity index (χ2n) is 6.86. The number of carbonyl (C=O) groups is 1. The van der Waals surface area contributed by atoms with Gasteiger partial charge in [-0.05, 0) is 35.8 Å². The standard InChI is InChI=1S/C21H24N2O/c1-15(2)13-20(17-11-7-4-8-12-17)22-23-21(24)19-14-18(19)16-9-5-3-6-10-16/h3-12,15,18-19H,13-14H2,1-2H3,(H,23,24)/b22-20+. The van der Waals surface area contributed by atoms with Crippen LogP contribution in [0.5, 0.6) is 0 Å². The van der Waals surface area contributed by atoms with Crippen molar-refractivity contribution >= 4 is 11.6 Å². The van der Waals surface area contributed by atoms with E-state index in [1.165, 1.54) is 5.56 Å². The van der Waals surface area contributed by atoms with Crippen LogP contribution in [0, 0.1) is 11.8 Å². The van der Waals surface area contributed by atoms with Gasteiger partial charge in [0.05, 0.1) is 5.71 Å². The van der Waals surface area contributed by atoms with E-state index >= 15 is 0 Å². The summed E-state index contributed by atoms with van der Waals surface area (Å²) in [5.74, 6) is 0.902. The Morgan fingerprint density at radius 3 is 2.33 bits per heavy atom. The molecule has 24 heavy (non-hydrogen) atoms. The molecule has 2 aromatic rings. The lowest BCUT2D eigenvalue weighted by Gasteiger charge is -2.10. The fourth-order valence-electron chi connectivity index (χ4n) is 3.00. The monoisotopic (exact) mass is 320 g/mol. The van der Waals surface area contributed by atoms with E-state index in [-0.39, 0.29) is 11.8 Å². The Kier molecular flexibility index (Phi) is 5.09. The number of nitrogens with one attached hydrogen (secondary N) is 1. The van der Waals surface area contributed by atoms with Gasteiger partial charge in [0.1, 0.15) is 0 Å². The van der Waals surface area contributed by atoms with Crippen LogP contribution in [0.3, 0.4) is 0 Å². The third-order valence-corrected chi connectivity index (χ3v) is 4.36. The molecule has 1 amide bonds. The van der Waals surface area contributed by atoms with Crippen molar-refractivity contribution in [3.8, 4) is 0 Å². The summed E-state index contributed by atoms with van der Waals surface area (Å²) in [4.78, 5) is 12.4. The van der Waals surface area contributed by atoms with Crippen molar-refractivity contribution in [3.05, 3.63) is 71.8 Å². The number of amides is 1. The zero-order valence-electron chi connectivity index (χ0n) is 14.3. The highest BCUT2D eigenvalue weighted by Gasteiger charge is 2.43. The van der Waals surface area contributed by atoms with Crippen LogP contribution in [-0.4, -0.2) is 11.6 Å². The normalized spacial score (nSPS) is 20.0. The fraction of sp³-hybridized carbons (Fsp3) is 0.333. The molecule has 1 N–H and O–H groups in total. The van der Waals surface area contributed by atoms with Crippen molar-refractivity contribution < 1.29 is 4.79 Å². The highest BCUT2D eigenvalue weighted by Crippen LogP contribution is 2.47. The second kappa shape index (κ2) is 7.43. The van der Waals surface area contributed by atoms with Gasteiger partial charge in [0.25, 0.3) is 0 Å². The van der Waals surface area contributed by atoms with Crippen molar-refractivity contribution in [2.75, 3.05) is 0 Å². The molecule has 3 nitrogen and oxygen atoms in total. The van der Waals surface area contributed by atoms with Crippen molar-refractivity contribution in [2.45, 2.75) is 32.6 Å². The van der Waals surface area contributed by atoms with Gasteiger partial charge in [-0.2, -0.15) is 5.10 Å². The van der Waals surface area contributed by atoms with E-state index in [9.17, 15) is 4.79 Å². The minimum atomic E-state index is 0.0287. The highest BCUT2D eigenvalue weighted by molar-refractivity contribution is 6.01. The summed E-state index contributed by atoms with van der Waals surface area (Å²) in [6, 6.07) is 20.3. The summed E-state index contributed by atoms with van der Waals surface area (Å²) < 4.78 is 0. The molecule has 0 heterocycles. The number of carbonyl (C=O) groups excluding carboxylic acids is 1. The molecule has 2 aromatic carbocycles. The Morgan fingerprint density at radius 2 is 1.71 bits per heavy atom. The number of hydrazone groups is 1. The predicted octanol–water partition coefficient (Wildman–Crippen LogP) is 4.36. The predicted molar refractivity (Wildman–Crippen MR) is 97.9 cm³/mol. The fourth-order valence-corrected chi connectivity index (χ4v) is 3.00. The summed E-state index contributed by atoms with van der Waals surface area (Å²) >= 11 is 0. The number of hydrogen-bond donors (Lipinski definition) is 1. The van der Waals surface area contributed by atoms with Crippen molar-refractivity contribution in [1.29, 1.82) is 0 Å². The molecular formula is C21H24N2O. The maximum absolute atomic E-state index is 12.4. The first-order valence-electron chi connectivity index (χ1n) is 8.62. The highest BCUT2D eigenvalue weighted by atomic mass is 16.2. The van der Waals surface area contributed by atoms with Crippen molar-refractivity contribution in [1.82, 2.24) is 5.43 Å². The first-order chi connectivity index (χ1) is 11.6. The Bertz CT molecular complexity index is 707. The summed E-state index contributed by atoms with van der Waals surface area (Å²) in [5.41, 5.74) is 6.05. The SMILES string of the molecule is CC(C)C/C(=N\NC(=O)C1CC1c1ccccc1)c1ccccc1. The van der Waals surface area contributed by atoms with Crippen LogP contribution in [0.4, 0.5) is 0 Å². The lowest BCUT2D eigenvalue weighted by molar-refractivity contribution is -0.122. The maximum Gasteiger partial charge on any atom is 0.243 e. The topological polar surface area (TPSA) is 41.5 Å². The molecule has 2 unspecified atom stereocenters. The van der Waals surface area contributed by atoms with Crippen LogP contribution in [-0.2, 0) is 4.79 Å². The number of nitrogens with zero attached hydrogens (tertiary/aromatic N) is 1. The lowest BCUT2D eigenvalue weighted by atomic mass is 10.0. The van der Waals surface area contributed by atoms with Gasteiger partial charge in [-0.3, -0.25) is 4.79 Å². The molecule has 3 heteroatoms. The molecule has 0 aliphatic heterocycles. The van der Waals surface area contributed by atoms with Crippen LogP contribution < -0.4 is 5.43 Å². The quantitative estimate of drug-likeness (QED) is 0.623. The zero-order chi connectivity index (χ0) is 16.9. The molecule has 1 aliphatic rings. The molecule has 1 saturated carbocycles. The smallest absolute Gasteiger partial charge is 0.243 e. The van der Waals surface area contributed by atoms with Gasteiger partial charge in [-0.15, -0.1) is 0 Å². The van der Waals surface area contributed by atoms with Gasteiger partial charge in [-0.1, -0.05) is 74.5 Å². The molecule has 0 aromatic heterocycles. The van der Waals surface area contributed by atoms with Crippen LogP contribution in [0.2, 0.25) is 0 Å². The van der Waals surface area contributed by atoms with E-state index in [0.717, 1.165) is 24.1 Å². The van der Waals surface area contributed by atoms with Crippen LogP contribution in [0.25, 0.3) is 0 Å². The minimum absolute atomic E-state index is 0.0287. The number of hydrogen-bond acceptors (Lipinski definition) is 2. The van der Waals surface area contributed by atoms with E-state index in [1.54, 1.807) is 0 Å². The Morgan fingerprint density at radius 1 is 1.08 bits per heavy atom. The molecule has 0 spiro atoms. The Balaban J connectivity index is 1.65. The minimum Gasteiger partial charge on any atom is -0.273 e. The summed E-state index contributed by atoms with van der Waals surface area (Å²) in [5, 5.41) is 4.44.